The molecular weight excluding hydrogens is 548 g/mol. The van der Waals surface area contributed by atoms with Crippen molar-refractivity contribution >= 4 is 33.2 Å². The molecule has 0 radical (unpaired) electrons. The molecule has 0 aromatic heterocycles. The lowest BCUT2D eigenvalue weighted by Crippen LogP contribution is -2.53. The first-order valence-electron chi connectivity index (χ1n) is 13.0. The summed E-state index contributed by atoms with van der Waals surface area (Å²) in [5, 5.41) is 14.3. The second-order valence-electron chi connectivity index (χ2n) is 9.56. The largest absolute Gasteiger partial charge is 0.497 e. The molecule has 3 aromatic carbocycles. The minimum absolute atomic E-state index is 0.0149. The van der Waals surface area contributed by atoms with Crippen molar-refractivity contribution in [2.45, 2.75) is 50.7 Å². The fourth-order valence-corrected chi connectivity index (χ4v) is 5.67. The number of carbonyl (C=O) groups excluding carboxylic acids is 2. The number of nitro benzene ring substituents is 1. The van der Waals surface area contributed by atoms with Crippen LogP contribution in [0.1, 0.15) is 32.8 Å². The number of rotatable bonds is 13. The molecule has 12 heteroatoms. The van der Waals surface area contributed by atoms with Gasteiger partial charge in [0.2, 0.25) is 11.8 Å². The molecule has 0 bridgehead atoms. The Kier molecular flexibility index (Phi) is 10.4. The third kappa shape index (κ3) is 7.82. The number of hydrogen-bond donors (Lipinski definition) is 1. The molecule has 0 saturated carbocycles. The number of nitro groups is 1. The van der Waals surface area contributed by atoms with E-state index in [2.05, 4.69) is 5.32 Å². The average molecular weight is 583 g/mol. The molecular formula is C29H34N4O7S. The standard InChI is InChI=1S/C29H34N4O7S/c1-5-27(29(35)30-21(2)3)31(19-22-14-16-25(40-4)17-15-22)28(34)20-32(23-10-9-11-24(18-23)33(36)37)41(38,39)26-12-7-6-8-13-26/h6-18,21,27H,5,19-20H2,1-4H3,(H,30,35). The highest BCUT2D eigenvalue weighted by atomic mass is 32.2. The Morgan fingerprint density at radius 2 is 1.66 bits per heavy atom. The van der Waals surface area contributed by atoms with Crippen LogP contribution in [0.4, 0.5) is 11.4 Å². The van der Waals surface area contributed by atoms with Crippen LogP contribution in [-0.2, 0) is 26.2 Å². The normalized spacial score (nSPS) is 11.9. The molecule has 0 spiro atoms. The maximum absolute atomic E-state index is 14.0. The minimum Gasteiger partial charge on any atom is -0.497 e. The van der Waals surface area contributed by atoms with Crippen LogP contribution in [0.3, 0.4) is 0 Å². The summed E-state index contributed by atoms with van der Waals surface area (Å²) in [6.45, 7) is 4.69. The first kappa shape index (κ1) is 31.1. The second kappa shape index (κ2) is 13.8. The molecule has 41 heavy (non-hydrogen) atoms. The van der Waals surface area contributed by atoms with Gasteiger partial charge in [0.1, 0.15) is 18.3 Å². The topological polar surface area (TPSA) is 139 Å². The van der Waals surface area contributed by atoms with E-state index < -0.39 is 33.4 Å². The van der Waals surface area contributed by atoms with Gasteiger partial charge in [0.15, 0.2) is 0 Å². The zero-order valence-corrected chi connectivity index (χ0v) is 24.2. The van der Waals surface area contributed by atoms with E-state index in [4.69, 9.17) is 4.74 Å². The molecule has 1 atom stereocenters. The van der Waals surface area contributed by atoms with Gasteiger partial charge < -0.3 is 15.0 Å². The van der Waals surface area contributed by atoms with Crippen molar-refractivity contribution in [1.29, 1.82) is 0 Å². The van der Waals surface area contributed by atoms with Crippen LogP contribution in [0.15, 0.2) is 83.8 Å². The van der Waals surface area contributed by atoms with E-state index >= 15 is 0 Å². The molecule has 0 heterocycles. The summed E-state index contributed by atoms with van der Waals surface area (Å²) in [4.78, 5) is 39.3. The molecule has 11 nitrogen and oxygen atoms in total. The van der Waals surface area contributed by atoms with Crippen LogP contribution < -0.4 is 14.4 Å². The Balaban J connectivity index is 2.09. The number of methoxy groups -OCH3 is 1. The van der Waals surface area contributed by atoms with Gasteiger partial charge in [-0.2, -0.15) is 0 Å². The number of anilines is 1. The van der Waals surface area contributed by atoms with Gasteiger partial charge in [-0.15, -0.1) is 0 Å². The van der Waals surface area contributed by atoms with Crippen LogP contribution in [0.5, 0.6) is 5.75 Å². The first-order valence-corrected chi connectivity index (χ1v) is 14.5. The van der Waals surface area contributed by atoms with Crippen LogP contribution in [0.2, 0.25) is 0 Å². The van der Waals surface area contributed by atoms with E-state index in [-0.39, 0.29) is 41.2 Å². The number of benzene rings is 3. The molecule has 0 fully saturated rings. The lowest BCUT2D eigenvalue weighted by molar-refractivity contribution is -0.384. The quantitative estimate of drug-likeness (QED) is 0.236. The smallest absolute Gasteiger partial charge is 0.271 e. The number of sulfonamides is 1. The van der Waals surface area contributed by atoms with Crippen molar-refractivity contribution in [2.24, 2.45) is 0 Å². The minimum atomic E-state index is -4.33. The third-order valence-electron chi connectivity index (χ3n) is 6.27. The molecule has 0 aliphatic heterocycles. The number of non-ortho nitro benzene ring substituents is 1. The van der Waals surface area contributed by atoms with Gasteiger partial charge >= 0.3 is 0 Å². The number of carbonyl (C=O) groups is 2. The van der Waals surface area contributed by atoms with Crippen molar-refractivity contribution in [3.63, 3.8) is 0 Å². The van der Waals surface area contributed by atoms with Crippen molar-refractivity contribution < 1.29 is 27.7 Å². The maximum Gasteiger partial charge on any atom is 0.271 e. The molecule has 0 aliphatic rings. The van der Waals surface area contributed by atoms with Crippen molar-refractivity contribution in [3.8, 4) is 5.75 Å². The van der Waals surface area contributed by atoms with Crippen molar-refractivity contribution in [3.05, 3.63) is 94.5 Å². The lowest BCUT2D eigenvalue weighted by Gasteiger charge is -2.33. The number of nitrogens with one attached hydrogen (secondary N) is 1. The Morgan fingerprint density at radius 1 is 1.00 bits per heavy atom. The molecule has 3 aromatic rings. The van der Waals surface area contributed by atoms with E-state index in [0.29, 0.717) is 11.3 Å². The predicted octanol–water partition coefficient (Wildman–Crippen LogP) is 4.13. The number of nitrogens with zero attached hydrogens (tertiary/aromatic N) is 3. The molecule has 218 valence electrons. The van der Waals surface area contributed by atoms with E-state index in [1.807, 2.05) is 0 Å². The lowest BCUT2D eigenvalue weighted by atomic mass is 10.1. The van der Waals surface area contributed by atoms with Crippen molar-refractivity contribution in [2.75, 3.05) is 18.0 Å². The average Bonchev–Trinajstić information content (AvgIpc) is 2.96. The van der Waals surface area contributed by atoms with Gasteiger partial charge in [-0.25, -0.2) is 8.42 Å². The van der Waals surface area contributed by atoms with E-state index in [0.717, 1.165) is 10.4 Å². The van der Waals surface area contributed by atoms with Crippen LogP contribution in [-0.4, -0.2) is 55.8 Å². The Hall–Kier alpha value is -4.45. The monoisotopic (exact) mass is 582 g/mol. The van der Waals surface area contributed by atoms with Gasteiger partial charge in [-0.3, -0.25) is 24.0 Å². The van der Waals surface area contributed by atoms with Crippen molar-refractivity contribution in [1.82, 2.24) is 10.2 Å². The summed E-state index contributed by atoms with van der Waals surface area (Å²) < 4.78 is 33.7. The SMILES string of the molecule is CCC(C(=O)NC(C)C)N(Cc1ccc(OC)cc1)C(=O)CN(c1cccc([N+](=O)[O-])c1)S(=O)(=O)c1ccccc1. The highest BCUT2D eigenvalue weighted by Crippen LogP contribution is 2.28. The first-order chi connectivity index (χ1) is 19.5. The second-order valence-corrected chi connectivity index (χ2v) is 11.4. The van der Waals surface area contributed by atoms with Gasteiger partial charge in [-0.1, -0.05) is 43.3 Å². The van der Waals surface area contributed by atoms with Gasteiger partial charge in [-0.05, 0) is 56.2 Å². The summed E-state index contributed by atoms with van der Waals surface area (Å²) >= 11 is 0. The predicted molar refractivity (Wildman–Crippen MR) is 155 cm³/mol. The van der Waals surface area contributed by atoms with Crippen LogP contribution >= 0.6 is 0 Å². The summed E-state index contributed by atoms with van der Waals surface area (Å²) in [5.41, 5.74) is 0.310. The third-order valence-corrected chi connectivity index (χ3v) is 8.06. The van der Waals surface area contributed by atoms with E-state index in [1.165, 1.54) is 42.3 Å². The highest BCUT2D eigenvalue weighted by Gasteiger charge is 2.34. The molecule has 0 saturated heterocycles. The molecule has 1 N–H and O–H groups in total. The highest BCUT2D eigenvalue weighted by molar-refractivity contribution is 7.92. The number of ether oxygens (including phenoxy) is 1. The Labute approximate surface area is 239 Å². The van der Waals surface area contributed by atoms with E-state index in [1.54, 1.807) is 63.2 Å². The summed E-state index contributed by atoms with van der Waals surface area (Å²) in [6, 6.07) is 18.4. The number of hydrogen-bond acceptors (Lipinski definition) is 7. The summed E-state index contributed by atoms with van der Waals surface area (Å²) in [7, 11) is -2.80. The fourth-order valence-electron chi connectivity index (χ4n) is 4.24. The summed E-state index contributed by atoms with van der Waals surface area (Å²) in [6.07, 6.45) is 0.267. The van der Waals surface area contributed by atoms with Gasteiger partial charge in [0, 0.05) is 24.7 Å². The number of amides is 2. The zero-order chi connectivity index (χ0) is 30.2. The van der Waals surface area contributed by atoms with Crippen LogP contribution in [0, 0.1) is 10.1 Å². The fraction of sp³-hybridized carbons (Fsp3) is 0.310. The zero-order valence-electron chi connectivity index (χ0n) is 23.4. The van der Waals surface area contributed by atoms with E-state index in [9.17, 15) is 28.1 Å². The molecule has 2 amide bonds. The van der Waals surface area contributed by atoms with Gasteiger partial charge in [0.05, 0.1) is 22.6 Å². The molecule has 0 aliphatic carbocycles. The summed E-state index contributed by atoms with van der Waals surface area (Å²) in [5.74, 6) is -0.420. The molecule has 3 rings (SSSR count). The van der Waals surface area contributed by atoms with Crippen LogP contribution in [0.25, 0.3) is 0 Å². The maximum atomic E-state index is 14.0. The Bertz CT molecular complexity index is 1460. The van der Waals surface area contributed by atoms with Gasteiger partial charge in [0.25, 0.3) is 15.7 Å². The Morgan fingerprint density at radius 3 is 2.22 bits per heavy atom. The molecule has 1 unspecified atom stereocenters.